The SMILES string of the molecule is N#Cc1ccc(OC2C[C@H]3CC[C@@H](C2)N3)cc1.O=C(O)C(F)(F)F. The zero-order valence-corrected chi connectivity index (χ0v) is 12.7. The molecule has 2 N–H and O–H groups in total. The predicted molar refractivity (Wildman–Crippen MR) is 78.4 cm³/mol. The van der Waals surface area contributed by atoms with Crippen LogP contribution in [0.3, 0.4) is 0 Å². The van der Waals surface area contributed by atoms with E-state index in [1.165, 1.54) is 12.8 Å². The number of fused-ring (bicyclic) bond motifs is 2. The van der Waals surface area contributed by atoms with Gasteiger partial charge in [0.15, 0.2) is 0 Å². The lowest BCUT2D eigenvalue weighted by Crippen LogP contribution is -2.42. The Balaban J connectivity index is 0.000000256. The highest BCUT2D eigenvalue weighted by atomic mass is 19.4. The molecule has 0 aliphatic carbocycles. The fraction of sp³-hybridized carbons (Fsp3) is 0.500. The third-order valence-corrected chi connectivity index (χ3v) is 3.96. The molecule has 0 amide bonds. The molecular weight excluding hydrogens is 325 g/mol. The van der Waals surface area contributed by atoms with Crippen LogP contribution in [0.5, 0.6) is 5.75 Å². The monoisotopic (exact) mass is 342 g/mol. The molecule has 2 saturated heterocycles. The number of benzene rings is 1. The maximum Gasteiger partial charge on any atom is 0.490 e. The lowest BCUT2D eigenvalue weighted by Gasteiger charge is -2.29. The highest BCUT2D eigenvalue weighted by Gasteiger charge is 2.38. The van der Waals surface area contributed by atoms with Gasteiger partial charge < -0.3 is 15.2 Å². The summed E-state index contributed by atoms with van der Waals surface area (Å²) in [4.78, 5) is 8.90. The lowest BCUT2D eigenvalue weighted by molar-refractivity contribution is -0.192. The molecule has 130 valence electrons. The molecule has 24 heavy (non-hydrogen) atoms. The average molecular weight is 342 g/mol. The summed E-state index contributed by atoms with van der Waals surface area (Å²) in [6.07, 6.45) is 0.0460. The van der Waals surface area contributed by atoms with Crippen molar-refractivity contribution in [2.24, 2.45) is 0 Å². The van der Waals surface area contributed by atoms with Crippen molar-refractivity contribution in [3.63, 3.8) is 0 Å². The van der Waals surface area contributed by atoms with Crippen molar-refractivity contribution in [2.45, 2.75) is 50.0 Å². The summed E-state index contributed by atoms with van der Waals surface area (Å²) < 4.78 is 37.7. The lowest BCUT2D eigenvalue weighted by atomic mass is 10.0. The molecule has 2 fully saturated rings. The summed E-state index contributed by atoms with van der Waals surface area (Å²) in [5, 5.41) is 19.5. The maximum atomic E-state index is 10.6. The van der Waals surface area contributed by atoms with Crippen molar-refractivity contribution >= 4 is 5.97 Å². The van der Waals surface area contributed by atoms with Gasteiger partial charge >= 0.3 is 12.1 Å². The van der Waals surface area contributed by atoms with E-state index in [-0.39, 0.29) is 0 Å². The molecule has 5 nitrogen and oxygen atoms in total. The second-order valence-electron chi connectivity index (χ2n) is 5.79. The van der Waals surface area contributed by atoms with Crippen LogP contribution in [0, 0.1) is 11.3 Å². The van der Waals surface area contributed by atoms with Crippen LogP contribution in [0.4, 0.5) is 13.2 Å². The summed E-state index contributed by atoms with van der Waals surface area (Å²) in [6, 6.07) is 10.8. The van der Waals surface area contributed by atoms with E-state index in [0.29, 0.717) is 23.8 Å². The van der Waals surface area contributed by atoms with Crippen molar-refractivity contribution < 1.29 is 27.8 Å². The van der Waals surface area contributed by atoms with E-state index in [0.717, 1.165) is 18.6 Å². The van der Waals surface area contributed by atoms with Crippen molar-refractivity contribution in [3.05, 3.63) is 29.8 Å². The number of piperidine rings is 1. The van der Waals surface area contributed by atoms with Crippen LogP contribution >= 0.6 is 0 Å². The molecule has 1 aromatic rings. The number of nitrogens with zero attached hydrogens (tertiary/aromatic N) is 1. The molecular formula is C16H17F3N2O3. The van der Waals surface area contributed by atoms with Gasteiger partial charge in [0.1, 0.15) is 11.9 Å². The summed E-state index contributed by atoms with van der Waals surface area (Å²) in [7, 11) is 0. The highest BCUT2D eigenvalue weighted by Crippen LogP contribution is 2.29. The number of rotatable bonds is 2. The van der Waals surface area contributed by atoms with Gasteiger partial charge in [-0.3, -0.25) is 0 Å². The average Bonchev–Trinajstić information content (AvgIpc) is 2.86. The van der Waals surface area contributed by atoms with E-state index in [1.807, 2.05) is 24.3 Å². The Kier molecular flexibility index (Phi) is 5.67. The van der Waals surface area contributed by atoms with Crippen molar-refractivity contribution in [2.75, 3.05) is 0 Å². The number of nitrogens with one attached hydrogen (secondary N) is 1. The van der Waals surface area contributed by atoms with Crippen molar-refractivity contribution in [3.8, 4) is 11.8 Å². The predicted octanol–water partition coefficient (Wildman–Crippen LogP) is 2.85. The Labute approximate surface area is 137 Å². The molecule has 2 bridgehead atoms. The van der Waals surface area contributed by atoms with E-state index in [9.17, 15) is 13.2 Å². The maximum absolute atomic E-state index is 10.6. The molecule has 3 rings (SSSR count). The molecule has 2 heterocycles. The van der Waals surface area contributed by atoms with Gasteiger partial charge in [-0.1, -0.05) is 0 Å². The van der Waals surface area contributed by atoms with Gasteiger partial charge in [-0.2, -0.15) is 18.4 Å². The number of halogens is 3. The van der Waals surface area contributed by atoms with Crippen LogP contribution < -0.4 is 10.1 Å². The molecule has 8 heteroatoms. The highest BCUT2D eigenvalue weighted by molar-refractivity contribution is 5.73. The minimum Gasteiger partial charge on any atom is -0.490 e. The van der Waals surface area contributed by atoms with Gasteiger partial charge in [0.2, 0.25) is 0 Å². The minimum absolute atomic E-state index is 0.335. The minimum atomic E-state index is -5.08. The second-order valence-corrected chi connectivity index (χ2v) is 5.79. The number of hydrogen-bond donors (Lipinski definition) is 2. The van der Waals surface area contributed by atoms with Crippen molar-refractivity contribution in [1.82, 2.24) is 5.32 Å². The van der Waals surface area contributed by atoms with E-state index in [2.05, 4.69) is 11.4 Å². The molecule has 0 spiro atoms. The van der Waals surface area contributed by atoms with E-state index in [1.54, 1.807) is 0 Å². The van der Waals surface area contributed by atoms with Crippen LogP contribution in [0.1, 0.15) is 31.2 Å². The molecule has 2 aliphatic rings. The van der Waals surface area contributed by atoms with Crippen LogP contribution in [-0.4, -0.2) is 35.4 Å². The van der Waals surface area contributed by atoms with Crippen LogP contribution in [-0.2, 0) is 4.79 Å². The van der Waals surface area contributed by atoms with Crippen molar-refractivity contribution in [1.29, 1.82) is 5.26 Å². The van der Waals surface area contributed by atoms with Gasteiger partial charge in [0, 0.05) is 12.1 Å². The van der Waals surface area contributed by atoms with Gasteiger partial charge in [0.05, 0.1) is 11.6 Å². The number of alkyl halides is 3. The normalized spacial score (nSPS) is 25.2. The number of carboxylic acid groups (broad SMARTS) is 1. The standard InChI is InChI=1S/C14H16N2O.C2HF3O2/c15-9-10-1-5-13(6-2-10)17-14-7-11-3-4-12(8-14)16-11;3-2(4,5)1(6)7/h1-2,5-6,11-12,14,16H,3-4,7-8H2;(H,6,7)/t11-,12+,14?;. The smallest absolute Gasteiger partial charge is 0.490 e. The Morgan fingerprint density at radius 1 is 1.21 bits per heavy atom. The largest absolute Gasteiger partial charge is 0.490 e. The summed E-state index contributed by atoms with van der Waals surface area (Å²) in [6.45, 7) is 0. The number of ether oxygens (including phenoxy) is 1. The number of nitriles is 1. The van der Waals surface area contributed by atoms with Gasteiger partial charge in [-0.05, 0) is 49.9 Å². The Morgan fingerprint density at radius 2 is 1.71 bits per heavy atom. The number of aliphatic carboxylic acids is 1. The first-order valence-electron chi connectivity index (χ1n) is 7.51. The quantitative estimate of drug-likeness (QED) is 0.864. The Hall–Kier alpha value is -2.27. The summed E-state index contributed by atoms with van der Waals surface area (Å²) in [5.41, 5.74) is 0.683. The first-order valence-corrected chi connectivity index (χ1v) is 7.51. The van der Waals surface area contributed by atoms with E-state index < -0.39 is 12.1 Å². The first kappa shape index (κ1) is 18.1. The fourth-order valence-electron chi connectivity index (χ4n) is 2.90. The topological polar surface area (TPSA) is 82.3 Å². The molecule has 0 radical (unpaired) electrons. The summed E-state index contributed by atoms with van der Waals surface area (Å²) >= 11 is 0. The Morgan fingerprint density at radius 3 is 2.12 bits per heavy atom. The summed E-state index contributed by atoms with van der Waals surface area (Å²) in [5.74, 6) is -1.87. The Bertz CT molecular complexity index is 598. The molecule has 1 unspecified atom stereocenters. The van der Waals surface area contributed by atoms with Crippen LogP contribution in [0.15, 0.2) is 24.3 Å². The van der Waals surface area contributed by atoms with Crippen LogP contribution in [0.25, 0.3) is 0 Å². The number of carbonyl (C=O) groups is 1. The molecule has 3 atom stereocenters. The molecule has 2 aliphatic heterocycles. The zero-order chi connectivity index (χ0) is 17.7. The molecule has 0 saturated carbocycles. The van der Waals surface area contributed by atoms with Gasteiger partial charge in [-0.15, -0.1) is 0 Å². The third-order valence-electron chi connectivity index (χ3n) is 3.96. The number of carboxylic acids is 1. The second kappa shape index (κ2) is 7.53. The van der Waals surface area contributed by atoms with Gasteiger partial charge in [-0.25, -0.2) is 4.79 Å². The molecule has 1 aromatic carbocycles. The first-order chi connectivity index (χ1) is 11.3. The van der Waals surface area contributed by atoms with E-state index >= 15 is 0 Å². The van der Waals surface area contributed by atoms with E-state index in [4.69, 9.17) is 19.9 Å². The third kappa shape index (κ3) is 5.13. The van der Waals surface area contributed by atoms with Gasteiger partial charge in [0.25, 0.3) is 0 Å². The molecule has 0 aromatic heterocycles. The zero-order valence-electron chi connectivity index (χ0n) is 12.7. The number of hydrogen-bond acceptors (Lipinski definition) is 4. The fourth-order valence-corrected chi connectivity index (χ4v) is 2.90. The van der Waals surface area contributed by atoms with Crippen LogP contribution in [0.2, 0.25) is 0 Å².